The lowest BCUT2D eigenvalue weighted by Crippen LogP contribution is -2.38. The Hall–Kier alpha value is -0.860. The van der Waals surface area contributed by atoms with Gasteiger partial charge in [0.05, 0.1) is 18.1 Å². The van der Waals surface area contributed by atoms with Crippen LogP contribution < -0.4 is 0 Å². The van der Waals surface area contributed by atoms with Gasteiger partial charge in [0, 0.05) is 16.7 Å². The molecule has 0 aromatic heterocycles. The molecule has 3 rings (SSSR count). The first-order valence-electron chi connectivity index (χ1n) is 6.33. The Labute approximate surface area is 135 Å². The van der Waals surface area contributed by atoms with Crippen LogP contribution in [0.5, 0.6) is 0 Å². The third kappa shape index (κ3) is 3.24. The Bertz CT molecular complexity index is 577. The van der Waals surface area contributed by atoms with Crippen molar-refractivity contribution >= 4 is 51.5 Å². The van der Waals surface area contributed by atoms with Gasteiger partial charge in [-0.25, -0.2) is 0 Å². The fraction of sp³-hybridized carbons (Fsp3) is 0.286. The van der Waals surface area contributed by atoms with E-state index in [4.69, 9.17) is 4.74 Å². The lowest BCUT2D eigenvalue weighted by atomic mass is 10.2. The van der Waals surface area contributed by atoms with E-state index >= 15 is 0 Å². The number of carbonyl (C=O) groups excluding carboxylic acids is 1. The summed E-state index contributed by atoms with van der Waals surface area (Å²) >= 11 is 3.72. The molecule has 1 saturated heterocycles. The summed E-state index contributed by atoms with van der Waals surface area (Å²) < 4.78 is 6.49. The van der Waals surface area contributed by atoms with E-state index in [0.717, 1.165) is 23.8 Å². The highest BCUT2D eigenvalue weighted by atomic mass is 127. The van der Waals surface area contributed by atoms with Crippen LogP contribution in [0.3, 0.4) is 0 Å². The van der Waals surface area contributed by atoms with E-state index in [0.29, 0.717) is 18.1 Å². The summed E-state index contributed by atoms with van der Waals surface area (Å²) in [7, 11) is 0. The van der Waals surface area contributed by atoms with Gasteiger partial charge >= 0.3 is 0 Å². The van der Waals surface area contributed by atoms with Crippen molar-refractivity contribution in [1.82, 2.24) is 4.90 Å². The zero-order valence-corrected chi connectivity index (χ0v) is 13.7. The standard InChI is InChI=1S/C14H13IN2O2S/c15-11-3-1-10(2-4-11)9-12-13(18)16-14(20-12)17-5-7-19-8-6-17/h1-4,9H,5-8H2/b12-9-. The molecule has 1 aromatic rings. The summed E-state index contributed by atoms with van der Waals surface area (Å²) in [5.41, 5.74) is 1.03. The van der Waals surface area contributed by atoms with Crippen molar-refractivity contribution in [3.8, 4) is 0 Å². The molecule has 2 aliphatic heterocycles. The molecule has 0 saturated carbocycles. The number of amidine groups is 1. The number of aliphatic imine (C=N–C) groups is 1. The zero-order chi connectivity index (χ0) is 13.9. The Morgan fingerprint density at radius 1 is 1.25 bits per heavy atom. The summed E-state index contributed by atoms with van der Waals surface area (Å²) in [5, 5.41) is 0.801. The fourth-order valence-corrected chi connectivity index (χ4v) is 3.32. The number of benzene rings is 1. The van der Waals surface area contributed by atoms with Crippen LogP contribution in [-0.4, -0.2) is 42.3 Å². The lowest BCUT2D eigenvalue weighted by Gasteiger charge is -2.27. The second-order valence-corrected chi connectivity index (χ2v) is 6.72. The maximum atomic E-state index is 12.0. The van der Waals surface area contributed by atoms with Crippen molar-refractivity contribution in [2.24, 2.45) is 4.99 Å². The van der Waals surface area contributed by atoms with Gasteiger partial charge in [-0.05, 0) is 58.1 Å². The maximum Gasteiger partial charge on any atom is 0.286 e. The van der Waals surface area contributed by atoms with Crippen LogP contribution in [-0.2, 0) is 9.53 Å². The van der Waals surface area contributed by atoms with Gasteiger partial charge in [-0.2, -0.15) is 4.99 Å². The third-order valence-corrected chi connectivity index (χ3v) is 4.82. The van der Waals surface area contributed by atoms with Crippen molar-refractivity contribution in [2.45, 2.75) is 0 Å². The van der Waals surface area contributed by atoms with E-state index in [1.807, 2.05) is 30.3 Å². The Balaban J connectivity index is 1.74. The van der Waals surface area contributed by atoms with Crippen LogP contribution in [0.15, 0.2) is 34.2 Å². The van der Waals surface area contributed by atoms with Crippen molar-refractivity contribution in [1.29, 1.82) is 0 Å². The highest BCUT2D eigenvalue weighted by Gasteiger charge is 2.26. The summed E-state index contributed by atoms with van der Waals surface area (Å²) in [6.45, 7) is 3.00. The van der Waals surface area contributed by atoms with Crippen LogP contribution in [0, 0.1) is 3.57 Å². The molecule has 2 heterocycles. The summed E-state index contributed by atoms with van der Waals surface area (Å²) in [6, 6.07) is 8.08. The molecule has 104 valence electrons. The minimum atomic E-state index is -0.143. The normalized spacial score (nSPS) is 21.4. The molecule has 0 N–H and O–H groups in total. The number of hydrogen-bond acceptors (Lipinski definition) is 4. The summed E-state index contributed by atoms with van der Waals surface area (Å²) in [4.78, 5) is 18.9. The van der Waals surface area contributed by atoms with Crippen LogP contribution in [0.25, 0.3) is 6.08 Å². The van der Waals surface area contributed by atoms with Crippen molar-refractivity contribution in [3.63, 3.8) is 0 Å². The number of amides is 1. The molecule has 0 radical (unpaired) electrons. The Morgan fingerprint density at radius 3 is 2.65 bits per heavy atom. The van der Waals surface area contributed by atoms with Gasteiger partial charge in [0.1, 0.15) is 0 Å². The molecule has 0 aliphatic carbocycles. The van der Waals surface area contributed by atoms with E-state index in [-0.39, 0.29) is 5.91 Å². The average Bonchev–Trinajstić information content (AvgIpc) is 2.84. The van der Waals surface area contributed by atoms with E-state index in [2.05, 4.69) is 32.5 Å². The minimum absolute atomic E-state index is 0.143. The van der Waals surface area contributed by atoms with E-state index in [1.54, 1.807) is 0 Å². The molecule has 1 amide bonds. The molecule has 2 aliphatic rings. The fourth-order valence-electron chi connectivity index (χ4n) is 2.00. The van der Waals surface area contributed by atoms with Gasteiger partial charge < -0.3 is 9.64 Å². The van der Waals surface area contributed by atoms with Gasteiger partial charge in [-0.1, -0.05) is 12.1 Å². The molecule has 0 unspecified atom stereocenters. The molecular weight excluding hydrogens is 387 g/mol. The first-order chi connectivity index (χ1) is 9.72. The van der Waals surface area contributed by atoms with Gasteiger partial charge in [-0.15, -0.1) is 0 Å². The molecule has 4 nitrogen and oxygen atoms in total. The smallest absolute Gasteiger partial charge is 0.286 e. The lowest BCUT2D eigenvalue weighted by molar-refractivity contribution is -0.113. The van der Waals surface area contributed by atoms with Crippen LogP contribution in [0.1, 0.15) is 5.56 Å². The number of morpholine rings is 1. The quantitative estimate of drug-likeness (QED) is 0.537. The number of halogens is 1. The number of nitrogens with zero attached hydrogens (tertiary/aromatic N) is 2. The summed E-state index contributed by atoms with van der Waals surface area (Å²) in [6.07, 6.45) is 1.90. The number of thioether (sulfide) groups is 1. The summed E-state index contributed by atoms with van der Waals surface area (Å²) in [5.74, 6) is -0.143. The highest BCUT2D eigenvalue weighted by Crippen LogP contribution is 2.30. The molecule has 1 aromatic carbocycles. The molecule has 0 bridgehead atoms. The number of carbonyl (C=O) groups is 1. The number of ether oxygens (including phenoxy) is 1. The van der Waals surface area contributed by atoms with E-state index in [9.17, 15) is 4.79 Å². The monoisotopic (exact) mass is 400 g/mol. The SMILES string of the molecule is O=C1N=C(N2CCOCC2)S/C1=C\c1ccc(I)cc1. The van der Waals surface area contributed by atoms with Gasteiger partial charge in [0.15, 0.2) is 5.17 Å². The molecule has 1 fully saturated rings. The van der Waals surface area contributed by atoms with Gasteiger partial charge in [-0.3, -0.25) is 4.79 Å². The molecule has 0 spiro atoms. The second kappa shape index (κ2) is 6.28. The maximum absolute atomic E-state index is 12.0. The van der Waals surface area contributed by atoms with Crippen molar-refractivity contribution < 1.29 is 9.53 Å². The predicted molar refractivity (Wildman–Crippen MR) is 89.6 cm³/mol. The molecular formula is C14H13IN2O2S. The minimum Gasteiger partial charge on any atom is -0.378 e. The van der Waals surface area contributed by atoms with Crippen LogP contribution in [0.4, 0.5) is 0 Å². The topological polar surface area (TPSA) is 41.9 Å². The van der Waals surface area contributed by atoms with Gasteiger partial charge in [0.25, 0.3) is 5.91 Å². The average molecular weight is 400 g/mol. The van der Waals surface area contributed by atoms with Crippen LogP contribution >= 0.6 is 34.4 Å². The largest absolute Gasteiger partial charge is 0.378 e. The van der Waals surface area contributed by atoms with E-state index in [1.165, 1.54) is 15.3 Å². The Morgan fingerprint density at radius 2 is 1.95 bits per heavy atom. The second-order valence-electron chi connectivity index (χ2n) is 4.46. The zero-order valence-electron chi connectivity index (χ0n) is 10.7. The Kier molecular flexibility index (Phi) is 4.42. The number of hydrogen-bond donors (Lipinski definition) is 0. The molecule has 6 heteroatoms. The first-order valence-corrected chi connectivity index (χ1v) is 8.23. The van der Waals surface area contributed by atoms with Crippen molar-refractivity contribution in [3.05, 3.63) is 38.3 Å². The third-order valence-electron chi connectivity index (χ3n) is 3.06. The highest BCUT2D eigenvalue weighted by molar-refractivity contribution is 14.1. The predicted octanol–water partition coefficient (Wildman–Crippen LogP) is 2.59. The number of rotatable bonds is 1. The van der Waals surface area contributed by atoms with Crippen molar-refractivity contribution in [2.75, 3.05) is 26.3 Å². The molecule has 0 atom stereocenters. The van der Waals surface area contributed by atoms with Gasteiger partial charge in [0.2, 0.25) is 0 Å². The van der Waals surface area contributed by atoms with Crippen LogP contribution in [0.2, 0.25) is 0 Å². The van der Waals surface area contributed by atoms with E-state index < -0.39 is 0 Å². The first kappa shape index (κ1) is 14.1. The molecule has 20 heavy (non-hydrogen) atoms.